The number of rotatable bonds is 5. The van der Waals surface area contributed by atoms with Crippen LogP contribution in [-0.4, -0.2) is 39.0 Å². The molecule has 1 heterocycles. The molecule has 5 nitrogen and oxygen atoms in total. The standard InChI is InChI=1S/C15H22N2O3/c1-11(2)16-9-5-8-13(16)15(20)17(10-14(18)19)12-6-3-4-7-12/h5,8-9,11-12H,3-4,6-7,10H2,1-2H3,(H,18,19). The number of hydrogen-bond acceptors (Lipinski definition) is 2. The number of carboxylic acids is 1. The third-order valence-corrected chi connectivity index (χ3v) is 3.89. The molecule has 0 aliphatic heterocycles. The van der Waals surface area contributed by atoms with Gasteiger partial charge in [-0.3, -0.25) is 9.59 Å². The highest BCUT2D eigenvalue weighted by Gasteiger charge is 2.30. The SMILES string of the molecule is CC(C)n1cccc1C(=O)N(CC(=O)O)C1CCCC1. The summed E-state index contributed by atoms with van der Waals surface area (Å²) in [5.41, 5.74) is 0.577. The van der Waals surface area contributed by atoms with Gasteiger partial charge in [-0.1, -0.05) is 12.8 Å². The topological polar surface area (TPSA) is 62.5 Å². The van der Waals surface area contributed by atoms with Crippen LogP contribution in [0.15, 0.2) is 18.3 Å². The molecule has 1 amide bonds. The van der Waals surface area contributed by atoms with Crippen molar-refractivity contribution in [2.75, 3.05) is 6.54 Å². The van der Waals surface area contributed by atoms with Crippen molar-refractivity contribution in [1.29, 1.82) is 0 Å². The van der Waals surface area contributed by atoms with Crippen LogP contribution in [0.5, 0.6) is 0 Å². The highest BCUT2D eigenvalue weighted by Crippen LogP contribution is 2.25. The monoisotopic (exact) mass is 278 g/mol. The van der Waals surface area contributed by atoms with E-state index in [0.717, 1.165) is 25.7 Å². The lowest BCUT2D eigenvalue weighted by Crippen LogP contribution is -2.43. The Morgan fingerprint density at radius 3 is 2.60 bits per heavy atom. The third kappa shape index (κ3) is 3.03. The van der Waals surface area contributed by atoms with Gasteiger partial charge < -0.3 is 14.6 Å². The first-order valence-electron chi connectivity index (χ1n) is 7.20. The summed E-state index contributed by atoms with van der Waals surface area (Å²) in [5, 5.41) is 9.07. The number of carbonyl (C=O) groups is 2. The molecular formula is C15H22N2O3. The molecule has 1 aliphatic carbocycles. The predicted molar refractivity (Wildman–Crippen MR) is 75.7 cm³/mol. The number of aliphatic carboxylic acids is 1. The second-order valence-corrected chi connectivity index (χ2v) is 5.66. The van der Waals surface area contributed by atoms with Crippen LogP contribution in [0.4, 0.5) is 0 Å². The van der Waals surface area contributed by atoms with Gasteiger partial charge in [0.2, 0.25) is 0 Å². The summed E-state index contributed by atoms with van der Waals surface area (Å²) in [6.07, 6.45) is 5.81. The fraction of sp³-hybridized carbons (Fsp3) is 0.600. The van der Waals surface area contributed by atoms with E-state index in [2.05, 4.69) is 0 Å². The first kappa shape index (κ1) is 14.6. The normalized spacial score (nSPS) is 15.8. The van der Waals surface area contributed by atoms with Gasteiger partial charge in [0.05, 0.1) is 0 Å². The molecule has 0 saturated heterocycles. The van der Waals surface area contributed by atoms with Crippen LogP contribution < -0.4 is 0 Å². The Labute approximate surface area is 119 Å². The lowest BCUT2D eigenvalue weighted by atomic mass is 10.2. The van der Waals surface area contributed by atoms with Gasteiger partial charge in [-0.2, -0.15) is 0 Å². The summed E-state index contributed by atoms with van der Waals surface area (Å²) in [5.74, 6) is -1.12. The average Bonchev–Trinajstić information content (AvgIpc) is 3.05. The number of aromatic nitrogens is 1. The summed E-state index contributed by atoms with van der Waals surface area (Å²) in [6.45, 7) is 3.80. The quantitative estimate of drug-likeness (QED) is 0.900. The van der Waals surface area contributed by atoms with Crippen molar-refractivity contribution in [1.82, 2.24) is 9.47 Å². The van der Waals surface area contributed by atoms with Gasteiger partial charge in [-0.05, 0) is 38.8 Å². The number of nitrogens with zero attached hydrogens (tertiary/aromatic N) is 2. The Balaban J connectivity index is 2.25. The van der Waals surface area contributed by atoms with Crippen molar-refractivity contribution >= 4 is 11.9 Å². The van der Waals surface area contributed by atoms with Gasteiger partial charge in [0, 0.05) is 18.3 Å². The number of carbonyl (C=O) groups excluding carboxylic acids is 1. The molecule has 0 spiro atoms. The fourth-order valence-corrected chi connectivity index (χ4v) is 2.90. The van der Waals surface area contributed by atoms with Crippen LogP contribution in [0.2, 0.25) is 0 Å². The molecule has 1 fully saturated rings. The Morgan fingerprint density at radius 2 is 2.05 bits per heavy atom. The summed E-state index contributed by atoms with van der Waals surface area (Å²) >= 11 is 0. The fourth-order valence-electron chi connectivity index (χ4n) is 2.90. The summed E-state index contributed by atoms with van der Waals surface area (Å²) in [4.78, 5) is 25.3. The van der Waals surface area contributed by atoms with Crippen LogP contribution in [-0.2, 0) is 4.79 Å². The largest absolute Gasteiger partial charge is 0.480 e. The zero-order valence-electron chi connectivity index (χ0n) is 12.1. The van der Waals surface area contributed by atoms with Crippen LogP contribution in [0, 0.1) is 0 Å². The molecule has 110 valence electrons. The van der Waals surface area contributed by atoms with Gasteiger partial charge >= 0.3 is 5.97 Å². The number of carboxylic acid groups (broad SMARTS) is 1. The molecule has 0 radical (unpaired) electrons. The van der Waals surface area contributed by atoms with Crippen LogP contribution in [0.3, 0.4) is 0 Å². The molecule has 1 aliphatic rings. The van der Waals surface area contributed by atoms with E-state index < -0.39 is 5.97 Å². The molecule has 0 aromatic carbocycles. The van der Waals surface area contributed by atoms with E-state index in [1.807, 2.05) is 30.7 Å². The van der Waals surface area contributed by atoms with E-state index in [0.29, 0.717) is 5.69 Å². The van der Waals surface area contributed by atoms with Crippen molar-refractivity contribution in [3.63, 3.8) is 0 Å². The smallest absolute Gasteiger partial charge is 0.323 e. The highest BCUT2D eigenvalue weighted by atomic mass is 16.4. The van der Waals surface area contributed by atoms with E-state index in [1.54, 1.807) is 6.07 Å². The molecule has 0 unspecified atom stereocenters. The predicted octanol–water partition coefficient (Wildman–Crippen LogP) is 2.54. The van der Waals surface area contributed by atoms with Crippen LogP contribution in [0.25, 0.3) is 0 Å². The lowest BCUT2D eigenvalue weighted by Gasteiger charge is -2.28. The number of amides is 1. The van der Waals surface area contributed by atoms with Crippen molar-refractivity contribution in [3.8, 4) is 0 Å². The first-order valence-corrected chi connectivity index (χ1v) is 7.20. The van der Waals surface area contributed by atoms with Gasteiger partial charge in [0.25, 0.3) is 5.91 Å². The van der Waals surface area contributed by atoms with E-state index in [4.69, 9.17) is 5.11 Å². The zero-order valence-corrected chi connectivity index (χ0v) is 12.1. The first-order chi connectivity index (χ1) is 9.50. The Hall–Kier alpha value is -1.78. The zero-order chi connectivity index (χ0) is 14.7. The van der Waals surface area contributed by atoms with Crippen LogP contribution >= 0.6 is 0 Å². The molecule has 2 rings (SSSR count). The van der Waals surface area contributed by atoms with Crippen molar-refractivity contribution in [3.05, 3.63) is 24.0 Å². The maximum absolute atomic E-state index is 12.7. The molecule has 1 saturated carbocycles. The Bertz CT molecular complexity index is 487. The second kappa shape index (κ2) is 6.11. The molecule has 5 heteroatoms. The maximum Gasteiger partial charge on any atom is 0.323 e. The van der Waals surface area contributed by atoms with Crippen molar-refractivity contribution in [2.45, 2.75) is 51.6 Å². The van der Waals surface area contributed by atoms with Crippen LogP contribution in [0.1, 0.15) is 56.1 Å². The number of hydrogen-bond donors (Lipinski definition) is 1. The summed E-state index contributed by atoms with van der Waals surface area (Å²) < 4.78 is 1.89. The maximum atomic E-state index is 12.7. The minimum absolute atomic E-state index is 0.0640. The molecule has 1 aromatic rings. The third-order valence-electron chi connectivity index (χ3n) is 3.89. The van der Waals surface area contributed by atoms with Crippen molar-refractivity contribution < 1.29 is 14.7 Å². The highest BCUT2D eigenvalue weighted by molar-refractivity contribution is 5.94. The average molecular weight is 278 g/mol. The van der Waals surface area contributed by atoms with E-state index in [-0.39, 0.29) is 24.5 Å². The van der Waals surface area contributed by atoms with E-state index >= 15 is 0 Å². The summed E-state index contributed by atoms with van der Waals surface area (Å²) in [6, 6.07) is 3.85. The molecular weight excluding hydrogens is 256 g/mol. The molecule has 1 N–H and O–H groups in total. The van der Waals surface area contributed by atoms with E-state index in [1.165, 1.54) is 4.90 Å². The molecule has 20 heavy (non-hydrogen) atoms. The lowest BCUT2D eigenvalue weighted by molar-refractivity contribution is -0.138. The molecule has 0 atom stereocenters. The van der Waals surface area contributed by atoms with E-state index in [9.17, 15) is 9.59 Å². The van der Waals surface area contributed by atoms with Crippen molar-refractivity contribution in [2.24, 2.45) is 0 Å². The van der Waals surface area contributed by atoms with Gasteiger partial charge in [-0.15, -0.1) is 0 Å². The second-order valence-electron chi connectivity index (χ2n) is 5.66. The minimum Gasteiger partial charge on any atom is -0.480 e. The van der Waals surface area contributed by atoms with Gasteiger partial charge in [-0.25, -0.2) is 0 Å². The summed E-state index contributed by atoms with van der Waals surface area (Å²) in [7, 11) is 0. The molecule has 1 aromatic heterocycles. The van der Waals surface area contributed by atoms with Gasteiger partial charge in [0.15, 0.2) is 0 Å². The Kier molecular flexibility index (Phi) is 4.47. The minimum atomic E-state index is -0.951. The molecule has 0 bridgehead atoms. The van der Waals surface area contributed by atoms with Gasteiger partial charge in [0.1, 0.15) is 12.2 Å². The Morgan fingerprint density at radius 1 is 1.40 bits per heavy atom.